The van der Waals surface area contributed by atoms with Gasteiger partial charge in [-0.25, -0.2) is 0 Å². The molecule has 0 bridgehead atoms. The van der Waals surface area contributed by atoms with Crippen molar-refractivity contribution in [2.24, 2.45) is 0 Å². The molecule has 2 unspecified atom stereocenters. The van der Waals surface area contributed by atoms with Crippen LogP contribution in [0.25, 0.3) is 0 Å². The third kappa shape index (κ3) is 4.50. The van der Waals surface area contributed by atoms with Crippen molar-refractivity contribution in [2.75, 3.05) is 19.0 Å². The molecule has 0 fully saturated rings. The van der Waals surface area contributed by atoms with Crippen LogP contribution < -0.4 is 10.1 Å². The van der Waals surface area contributed by atoms with Crippen molar-refractivity contribution in [3.8, 4) is 5.75 Å². The van der Waals surface area contributed by atoms with E-state index in [2.05, 4.69) is 69.4 Å². The highest BCUT2D eigenvalue weighted by Gasteiger charge is 2.45. The second-order valence-corrected chi connectivity index (χ2v) is 8.04. The van der Waals surface area contributed by atoms with E-state index in [9.17, 15) is 0 Å². The van der Waals surface area contributed by atoms with Crippen molar-refractivity contribution in [1.29, 1.82) is 0 Å². The number of hydrogen-bond donors (Lipinski definition) is 1. The lowest BCUT2D eigenvalue weighted by Crippen LogP contribution is -2.50. The minimum absolute atomic E-state index is 0.143. The summed E-state index contributed by atoms with van der Waals surface area (Å²) in [6.45, 7) is 9.94. The second-order valence-electron chi connectivity index (χ2n) is 8.04. The Kier molecular flexibility index (Phi) is 6.63. The number of aryl methyl sites for hydroxylation is 1. The third-order valence-corrected chi connectivity index (χ3v) is 5.44. The number of hydrogen-bond acceptors (Lipinski definition) is 4. The molecule has 1 heterocycles. The molecule has 28 heavy (non-hydrogen) atoms. The summed E-state index contributed by atoms with van der Waals surface area (Å²) in [6, 6.07) is 14.7. The predicted molar refractivity (Wildman–Crippen MR) is 114 cm³/mol. The maximum atomic E-state index is 6.29. The number of rotatable bonds is 8. The van der Waals surface area contributed by atoms with Gasteiger partial charge in [-0.15, -0.1) is 0 Å². The fraction of sp³-hybridized carbons (Fsp3) is 0.500. The standard InChI is InChI=1S/C24H33NO3/c1-6-7-14-27-22-20-15-19(25-16-18-11-9-8-10-17(18)2)12-13-21(20)28-24(3,4)23(22)26-5/h8-13,15,22-23,25H,6-7,14,16H2,1-5H3. The number of benzene rings is 2. The van der Waals surface area contributed by atoms with Gasteiger partial charge in [-0.3, -0.25) is 0 Å². The van der Waals surface area contributed by atoms with E-state index in [-0.39, 0.29) is 12.2 Å². The summed E-state index contributed by atoms with van der Waals surface area (Å²) >= 11 is 0. The number of fused-ring (bicyclic) bond motifs is 1. The summed E-state index contributed by atoms with van der Waals surface area (Å²) in [5.74, 6) is 0.876. The highest BCUT2D eigenvalue weighted by Crippen LogP contribution is 2.44. The Bertz CT molecular complexity index is 787. The van der Waals surface area contributed by atoms with Gasteiger partial charge in [0.25, 0.3) is 0 Å². The van der Waals surface area contributed by atoms with E-state index in [4.69, 9.17) is 14.2 Å². The van der Waals surface area contributed by atoms with Gasteiger partial charge in [0.15, 0.2) is 0 Å². The molecule has 1 N–H and O–H groups in total. The van der Waals surface area contributed by atoms with Gasteiger partial charge in [-0.2, -0.15) is 0 Å². The Morgan fingerprint density at radius 1 is 1.14 bits per heavy atom. The third-order valence-electron chi connectivity index (χ3n) is 5.44. The molecule has 4 nitrogen and oxygen atoms in total. The van der Waals surface area contributed by atoms with Crippen LogP contribution in [0.1, 0.15) is 56.4 Å². The van der Waals surface area contributed by atoms with Crippen LogP contribution in [-0.2, 0) is 16.0 Å². The van der Waals surface area contributed by atoms with Gasteiger partial charge in [0, 0.05) is 31.5 Å². The van der Waals surface area contributed by atoms with Gasteiger partial charge in [0.1, 0.15) is 23.6 Å². The zero-order valence-electron chi connectivity index (χ0n) is 17.7. The lowest BCUT2D eigenvalue weighted by molar-refractivity contribution is -0.150. The largest absolute Gasteiger partial charge is 0.485 e. The number of unbranched alkanes of at least 4 members (excludes halogenated alkanes) is 1. The molecule has 0 saturated carbocycles. The van der Waals surface area contributed by atoms with E-state index in [1.54, 1.807) is 7.11 Å². The van der Waals surface area contributed by atoms with Crippen molar-refractivity contribution < 1.29 is 14.2 Å². The first-order valence-corrected chi connectivity index (χ1v) is 10.2. The van der Waals surface area contributed by atoms with E-state index in [1.807, 2.05) is 6.07 Å². The van der Waals surface area contributed by atoms with E-state index < -0.39 is 5.60 Å². The molecule has 152 valence electrons. The smallest absolute Gasteiger partial charge is 0.132 e. The minimum atomic E-state index is -0.450. The Morgan fingerprint density at radius 3 is 2.64 bits per heavy atom. The Labute approximate surface area is 169 Å². The van der Waals surface area contributed by atoms with Crippen molar-refractivity contribution >= 4 is 5.69 Å². The predicted octanol–water partition coefficient (Wildman–Crippen LogP) is 5.65. The first-order valence-electron chi connectivity index (χ1n) is 10.2. The van der Waals surface area contributed by atoms with Crippen LogP contribution in [0.15, 0.2) is 42.5 Å². The SMILES string of the molecule is CCCCOC1c2cc(NCc3ccccc3C)ccc2OC(C)(C)C1OC. The van der Waals surface area contributed by atoms with Gasteiger partial charge in [-0.1, -0.05) is 37.6 Å². The molecule has 4 heteroatoms. The Morgan fingerprint density at radius 2 is 1.93 bits per heavy atom. The number of anilines is 1. The molecular formula is C24H33NO3. The molecule has 2 aromatic carbocycles. The Hall–Kier alpha value is -2.04. The van der Waals surface area contributed by atoms with Crippen LogP contribution in [0, 0.1) is 6.92 Å². The highest BCUT2D eigenvalue weighted by atomic mass is 16.6. The second kappa shape index (κ2) is 8.97. The number of nitrogens with one attached hydrogen (secondary N) is 1. The normalized spacial score (nSPS) is 20.3. The quantitative estimate of drug-likeness (QED) is 0.598. The summed E-state index contributed by atoms with van der Waals surface area (Å²) in [7, 11) is 1.73. The maximum absolute atomic E-state index is 6.29. The van der Waals surface area contributed by atoms with Crippen molar-refractivity contribution in [2.45, 2.75) is 64.9 Å². The molecule has 2 atom stereocenters. The van der Waals surface area contributed by atoms with E-state index in [1.165, 1.54) is 11.1 Å². The lowest BCUT2D eigenvalue weighted by Gasteiger charge is -2.43. The summed E-state index contributed by atoms with van der Waals surface area (Å²) in [6.07, 6.45) is 1.84. The minimum Gasteiger partial charge on any atom is -0.485 e. The molecule has 3 rings (SSSR count). The van der Waals surface area contributed by atoms with Crippen molar-refractivity contribution in [3.05, 3.63) is 59.2 Å². The molecule has 0 saturated heterocycles. The van der Waals surface area contributed by atoms with Crippen molar-refractivity contribution in [3.63, 3.8) is 0 Å². The summed E-state index contributed by atoms with van der Waals surface area (Å²) in [4.78, 5) is 0. The molecule has 0 amide bonds. The average molecular weight is 384 g/mol. The monoisotopic (exact) mass is 383 g/mol. The molecule has 1 aliphatic rings. The van der Waals surface area contributed by atoms with Gasteiger partial charge in [0.05, 0.1) is 0 Å². The van der Waals surface area contributed by atoms with Crippen molar-refractivity contribution in [1.82, 2.24) is 0 Å². The summed E-state index contributed by atoms with van der Waals surface area (Å²) < 4.78 is 18.4. The first kappa shape index (κ1) is 20.7. The average Bonchev–Trinajstić information content (AvgIpc) is 2.67. The van der Waals surface area contributed by atoms with E-state index >= 15 is 0 Å². The van der Waals surface area contributed by atoms with E-state index in [0.717, 1.165) is 43.0 Å². The fourth-order valence-corrected chi connectivity index (χ4v) is 3.79. The van der Waals surface area contributed by atoms with Gasteiger partial charge in [-0.05, 0) is 56.5 Å². The zero-order chi connectivity index (χ0) is 20.1. The maximum Gasteiger partial charge on any atom is 0.132 e. The van der Waals surface area contributed by atoms with Crippen LogP contribution >= 0.6 is 0 Å². The van der Waals surface area contributed by atoms with Gasteiger partial charge < -0.3 is 19.5 Å². The van der Waals surface area contributed by atoms with Gasteiger partial charge in [0.2, 0.25) is 0 Å². The first-order chi connectivity index (χ1) is 13.5. The Balaban J connectivity index is 1.84. The summed E-state index contributed by atoms with van der Waals surface area (Å²) in [5, 5.41) is 3.54. The topological polar surface area (TPSA) is 39.7 Å². The molecule has 2 aromatic rings. The zero-order valence-corrected chi connectivity index (χ0v) is 17.7. The molecule has 0 aliphatic carbocycles. The molecule has 0 aromatic heterocycles. The molecule has 1 aliphatic heterocycles. The lowest BCUT2D eigenvalue weighted by atomic mass is 9.88. The molecule has 0 spiro atoms. The highest BCUT2D eigenvalue weighted by molar-refractivity contribution is 5.54. The molecule has 0 radical (unpaired) electrons. The summed E-state index contributed by atoms with van der Waals surface area (Å²) in [5.41, 5.74) is 4.25. The van der Waals surface area contributed by atoms with Crippen LogP contribution in [0.2, 0.25) is 0 Å². The fourth-order valence-electron chi connectivity index (χ4n) is 3.79. The van der Waals surface area contributed by atoms with Crippen LogP contribution in [0.3, 0.4) is 0 Å². The van der Waals surface area contributed by atoms with Crippen LogP contribution in [0.4, 0.5) is 5.69 Å². The van der Waals surface area contributed by atoms with Crippen LogP contribution in [0.5, 0.6) is 5.75 Å². The number of methoxy groups -OCH3 is 1. The van der Waals surface area contributed by atoms with Crippen LogP contribution in [-0.4, -0.2) is 25.4 Å². The number of ether oxygens (including phenoxy) is 3. The molecular weight excluding hydrogens is 350 g/mol. The van der Waals surface area contributed by atoms with Gasteiger partial charge >= 0.3 is 0 Å². The van der Waals surface area contributed by atoms with E-state index in [0.29, 0.717) is 0 Å².